The van der Waals surface area contributed by atoms with Gasteiger partial charge in [0.2, 0.25) is 0 Å². The number of amides is 1. The summed E-state index contributed by atoms with van der Waals surface area (Å²) in [5.74, 6) is -1.51. The number of carbonyl (C=O) groups is 1. The van der Waals surface area contributed by atoms with Crippen LogP contribution in [0.1, 0.15) is 46.5 Å². The molecule has 8 heteroatoms. The molecule has 1 N–H and O–H groups in total. The number of hydrogen-bond donors (Lipinski definition) is 1. The molecule has 0 radical (unpaired) electrons. The van der Waals surface area contributed by atoms with Crippen molar-refractivity contribution in [3.05, 3.63) is 124 Å². The highest BCUT2D eigenvalue weighted by Gasteiger charge is 2.32. The predicted octanol–water partition coefficient (Wildman–Crippen LogP) is 8.64. The Morgan fingerprint density at radius 2 is 1.60 bits per heavy atom. The summed E-state index contributed by atoms with van der Waals surface area (Å²) in [6.07, 6.45) is 6.97. The fourth-order valence-electron chi connectivity index (χ4n) is 5.77. The summed E-state index contributed by atoms with van der Waals surface area (Å²) in [7, 11) is 0. The van der Waals surface area contributed by atoms with Crippen LogP contribution in [0.25, 0.3) is 21.2 Å². The summed E-state index contributed by atoms with van der Waals surface area (Å²) >= 11 is 7.51. The van der Waals surface area contributed by atoms with Gasteiger partial charge in [-0.05, 0) is 78.3 Å². The first-order valence-electron chi connectivity index (χ1n) is 14.1. The largest absolute Gasteiger partial charge is 0.331 e. The first-order valence-corrected chi connectivity index (χ1v) is 15.3. The standard InChI is InChI=1S/C34H30ClF2N3OS/c35-31-30-28(36)13-14-29(37)32(30)42-33(31)34(41)40(21-23-7-4-8-25(19-23)24-15-17-38-18-16-24)27-11-9-26(10-12-27)39-20-22-5-2-1-3-6-22/h1-8,13-19,26-27,39H,9-12,20-21H2/t26-,27-. The lowest BCUT2D eigenvalue weighted by Crippen LogP contribution is -2.44. The third-order valence-electron chi connectivity index (χ3n) is 8.01. The second kappa shape index (κ2) is 12.7. The molecule has 5 aromatic rings. The predicted molar refractivity (Wildman–Crippen MR) is 166 cm³/mol. The van der Waals surface area contributed by atoms with E-state index in [-0.39, 0.29) is 31.9 Å². The second-order valence-corrected chi connectivity index (χ2v) is 12.1. The van der Waals surface area contributed by atoms with Gasteiger partial charge in [-0.2, -0.15) is 0 Å². The number of halogens is 3. The highest BCUT2D eigenvalue weighted by Crippen LogP contribution is 2.40. The Bertz CT molecular complexity index is 1690. The van der Waals surface area contributed by atoms with E-state index >= 15 is 0 Å². The minimum Gasteiger partial charge on any atom is -0.331 e. The van der Waals surface area contributed by atoms with E-state index in [1.807, 2.05) is 53.4 Å². The molecule has 1 amide bonds. The van der Waals surface area contributed by atoms with Crippen molar-refractivity contribution >= 4 is 38.9 Å². The number of hydrogen-bond acceptors (Lipinski definition) is 4. The van der Waals surface area contributed by atoms with E-state index in [2.05, 4.69) is 28.5 Å². The Kier molecular flexibility index (Phi) is 8.60. The Labute approximate surface area is 253 Å². The normalized spacial score (nSPS) is 16.9. The molecule has 2 aromatic heterocycles. The number of thiophene rings is 1. The number of fused-ring (bicyclic) bond motifs is 1. The van der Waals surface area contributed by atoms with Gasteiger partial charge in [0.25, 0.3) is 5.91 Å². The smallest absolute Gasteiger partial charge is 0.266 e. The lowest BCUT2D eigenvalue weighted by molar-refractivity contribution is 0.0604. The molecular weight excluding hydrogens is 572 g/mol. The molecular formula is C34H30ClF2N3OS. The van der Waals surface area contributed by atoms with Crippen LogP contribution in [0, 0.1) is 11.6 Å². The van der Waals surface area contributed by atoms with Crippen LogP contribution in [0.3, 0.4) is 0 Å². The molecule has 1 saturated carbocycles. The molecule has 6 rings (SSSR count). The van der Waals surface area contributed by atoms with Crippen LogP contribution >= 0.6 is 22.9 Å². The summed E-state index contributed by atoms with van der Waals surface area (Å²) in [6.45, 7) is 1.16. The average molecular weight is 602 g/mol. The fraction of sp³-hybridized carbons (Fsp3) is 0.235. The van der Waals surface area contributed by atoms with Gasteiger partial charge in [0, 0.05) is 37.6 Å². The maximum absolute atomic E-state index is 14.7. The number of nitrogens with one attached hydrogen (secondary N) is 1. The monoisotopic (exact) mass is 601 g/mol. The van der Waals surface area contributed by atoms with Crippen LogP contribution in [-0.4, -0.2) is 27.9 Å². The van der Waals surface area contributed by atoms with Crippen LogP contribution in [0.5, 0.6) is 0 Å². The van der Waals surface area contributed by atoms with Crippen molar-refractivity contribution in [1.29, 1.82) is 0 Å². The summed E-state index contributed by atoms with van der Waals surface area (Å²) in [5.41, 5.74) is 4.27. The number of rotatable bonds is 8. The van der Waals surface area contributed by atoms with Crippen molar-refractivity contribution in [1.82, 2.24) is 15.2 Å². The van der Waals surface area contributed by atoms with E-state index in [1.165, 1.54) is 5.56 Å². The van der Waals surface area contributed by atoms with E-state index < -0.39 is 11.6 Å². The van der Waals surface area contributed by atoms with Crippen LogP contribution in [-0.2, 0) is 13.1 Å². The zero-order chi connectivity index (χ0) is 29.1. The van der Waals surface area contributed by atoms with Gasteiger partial charge >= 0.3 is 0 Å². The SMILES string of the molecule is O=C(c1sc2c(F)ccc(F)c2c1Cl)N(Cc1cccc(-c2ccncc2)c1)[C@H]1CC[C@H](NCc2ccccc2)CC1. The lowest BCUT2D eigenvalue weighted by Gasteiger charge is -2.37. The summed E-state index contributed by atoms with van der Waals surface area (Å²) < 4.78 is 29.4. The van der Waals surface area contributed by atoms with E-state index in [4.69, 9.17) is 11.6 Å². The van der Waals surface area contributed by atoms with E-state index in [0.29, 0.717) is 12.6 Å². The van der Waals surface area contributed by atoms with Gasteiger partial charge in [-0.15, -0.1) is 11.3 Å². The molecule has 1 aliphatic rings. The van der Waals surface area contributed by atoms with Gasteiger partial charge in [0.1, 0.15) is 16.5 Å². The quantitative estimate of drug-likeness (QED) is 0.194. The first-order chi connectivity index (χ1) is 20.5. The molecule has 214 valence electrons. The van der Waals surface area contributed by atoms with Gasteiger partial charge in [0.15, 0.2) is 0 Å². The minimum absolute atomic E-state index is 0.0225. The Balaban J connectivity index is 1.27. The summed E-state index contributed by atoms with van der Waals surface area (Å²) in [4.78, 5) is 20.3. The van der Waals surface area contributed by atoms with Crippen molar-refractivity contribution in [2.24, 2.45) is 0 Å². The molecule has 1 aliphatic carbocycles. The summed E-state index contributed by atoms with van der Waals surface area (Å²) in [6, 6.07) is 24.8. The summed E-state index contributed by atoms with van der Waals surface area (Å²) in [5, 5.41) is 3.61. The fourth-order valence-corrected chi connectivity index (χ4v) is 7.28. The first kappa shape index (κ1) is 28.5. The maximum atomic E-state index is 14.7. The maximum Gasteiger partial charge on any atom is 0.266 e. The molecule has 4 nitrogen and oxygen atoms in total. The van der Waals surface area contributed by atoms with Gasteiger partial charge < -0.3 is 10.2 Å². The molecule has 0 spiro atoms. The molecule has 0 aliphatic heterocycles. The molecule has 42 heavy (non-hydrogen) atoms. The highest BCUT2D eigenvalue weighted by molar-refractivity contribution is 7.21. The Morgan fingerprint density at radius 3 is 2.33 bits per heavy atom. The van der Waals surface area contributed by atoms with Crippen LogP contribution < -0.4 is 5.32 Å². The topological polar surface area (TPSA) is 45.2 Å². The minimum atomic E-state index is -0.631. The van der Waals surface area contributed by atoms with Crippen molar-refractivity contribution in [3.8, 4) is 11.1 Å². The third-order valence-corrected chi connectivity index (χ3v) is 9.68. The molecule has 0 saturated heterocycles. The Hall–Kier alpha value is -3.65. The second-order valence-electron chi connectivity index (χ2n) is 10.7. The zero-order valence-electron chi connectivity index (χ0n) is 22.9. The highest BCUT2D eigenvalue weighted by atomic mass is 35.5. The number of carbonyl (C=O) groups excluding carboxylic acids is 1. The number of benzene rings is 3. The Morgan fingerprint density at radius 1 is 0.881 bits per heavy atom. The van der Waals surface area contributed by atoms with E-state index in [1.54, 1.807) is 12.4 Å². The molecule has 3 aromatic carbocycles. The van der Waals surface area contributed by atoms with Crippen molar-refractivity contribution in [2.75, 3.05) is 0 Å². The molecule has 2 heterocycles. The molecule has 0 atom stereocenters. The molecule has 0 unspecified atom stereocenters. The van der Waals surface area contributed by atoms with Crippen molar-refractivity contribution in [3.63, 3.8) is 0 Å². The van der Waals surface area contributed by atoms with Gasteiger partial charge in [-0.3, -0.25) is 9.78 Å². The molecule has 1 fully saturated rings. The van der Waals surface area contributed by atoms with Gasteiger partial charge in [-0.25, -0.2) is 8.78 Å². The van der Waals surface area contributed by atoms with Crippen LogP contribution in [0.15, 0.2) is 91.3 Å². The third kappa shape index (κ3) is 6.09. The van der Waals surface area contributed by atoms with Crippen molar-refractivity contribution < 1.29 is 13.6 Å². The lowest BCUT2D eigenvalue weighted by atomic mass is 9.89. The average Bonchev–Trinajstić information content (AvgIpc) is 3.40. The van der Waals surface area contributed by atoms with Crippen molar-refractivity contribution in [2.45, 2.75) is 50.9 Å². The number of nitrogens with zero attached hydrogens (tertiary/aromatic N) is 2. The van der Waals surface area contributed by atoms with E-state index in [0.717, 1.165) is 72.4 Å². The molecule has 0 bridgehead atoms. The van der Waals surface area contributed by atoms with Crippen LogP contribution in [0.4, 0.5) is 8.78 Å². The number of pyridine rings is 1. The van der Waals surface area contributed by atoms with Gasteiger partial charge in [-0.1, -0.05) is 60.1 Å². The number of aromatic nitrogens is 1. The van der Waals surface area contributed by atoms with Gasteiger partial charge in [0.05, 0.1) is 15.1 Å². The van der Waals surface area contributed by atoms with E-state index in [9.17, 15) is 13.6 Å². The zero-order valence-corrected chi connectivity index (χ0v) is 24.5. The van der Waals surface area contributed by atoms with Crippen LogP contribution in [0.2, 0.25) is 5.02 Å².